The summed E-state index contributed by atoms with van der Waals surface area (Å²) in [7, 11) is 0. The second-order valence-electron chi connectivity index (χ2n) is 4.60. The van der Waals surface area contributed by atoms with E-state index in [4.69, 9.17) is 4.74 Å². The summed E-state index contributed by atoms with van der Waals surface area (Å²) in [5, 5.41) is 0. The van der Waals surface area contributed by atoms with Crippen LogP contribution in [0.4, 0.5) is 8.78 Å². The summed E-state index contributed by atoms with van der Waals surface area (Å²) < 4.78 is 32.2. The maximum Gasteiger partial charge on any atom is 0.165 e. The van der Waals surface area contributed by atoms with E-state index >= 15 is 0 Å². The largest absolute Gasteiger partial charge is 0.488 e. The van der Waals surface area contributed by atoms with Crippen LogP contribution >= 0.6 is 0 Å². The highest BCUT2D eigenvalue weighted by Gasteiger charge is 2.11. The van der Waals surface area contributed by atoms with Crippen LogP contribution in [0.25, 0.3) is 0 Å². The molecule has 0 unspecified atom stereocenters. The Morgan fingerprint density at radius 1 is 1.15 bits per heavy atom. The summed E-state index contributed by atoms with van der Waals surface area (Å²) in [4.78, 5) is 10.8. The number of hydrogen-bond donors (Lipinski definition) is 0. The Morgan fingerprint density at radius 3 is 2.40 bits per heavy atom. The first-order valence-electron chi connectivity index (χ1n) is 6.15. The number of carbonyl (C=O) groups excluding carboxylic acids is 1. The molecule has 0 saturated carbocycles. The lowest BCUT2D eigenvalue weighted by Gasteiger charge is -2.13. The van der Waals surface area contributed by atoms with Gasteiger partial charge in [0.05, 0.1) is 0 Å². The van der Waals surface area contributed by atoms with Gasteiger partial charge in [-0.25, -0.2) is 8.78 Å². The summed E-state index contributed by atoms with van der Waals surface area (Å²) >= 11 is 0. The molecule has 2 aromatic rings. The van der Waals surface area contributed by atoms with Crippen LogP contribution in [-0.2, 0) is 6.61 Å². The lowest BCUT2D eigenvalue weighted by molar-refractivity contribution is 0.112. The van der Waals surface area contributed by atoms with Gasteiger partial charge in [0, 0.05) is 11.1 Å². The molecule has 0 amide bonds. The van der Waals surface area contributed by atoms with Gasteiger partial charge >= 0.3 is 0 Å². The van der Waals surface area contributed by atoms with Crippen molar-refractivity contribution < 1.29 is 18.3 Å². The van der Waals surface area contributed by atoms with E-state index in [9.17, 15) is 13.6 Å². The summed E-state index contributed by atoms with van der Waals surface area (Å²) in [6.45, 7) is 3.54. The Labute approximate surface area is 116 Å². The number of hydrogen-bond acceptors (Lipinski definition) is 2. The van der Waals surface area contributed by atoms with Gasteiger partial charge in [-0.1, -0.05) is 12.1 Å². The molecule has 0 aromatic heterocycles. The third-order valence-electron chi connectivity index (χ3n) is 3.02. The normalized spacial score (nSPS) is 10.4. The fourth-order valence-electron chi connectivity index (χ4n) is 2.09. The molecule has 104 valence electrons. The van der Waals surface area contributed by atoms with Crippen molar-refractivity contribution in [2.45, 2.75) is 20.5 Å². The minimum atomic E-state index is -0.896. The standard InChI is InChI=1S/C16H14F2O2/c1-10-6-12(8-19)7-11(2)16(10)20-9-13-4-3-5-14(17)15(13)18/h3-8H,9H2,1-2H3. The molecule has 0 radical (unpaired) electrons. The first-order chi connectivity index (χ1) is 9.52. The molecule has 0 fully saturated rings. The zero-order chi connectivity index (χ0) is 14.7. The molecule has 0 atom stereocenters. The van der Waals surface area contributed by atoms with Crippen LogP contribution in [-0.4, -0.2) is 6.29 Å². The Hall–Kier alpha value is -2.23. The lowest BCUT2D eigenvalue weighted by Crippen LogP contribution is -2.03. The average molecular weight is 276 g/mol. The van der Waals surface area contributed by atoms with Crippen LogP contribution in [0.1, 0.15) is 27.0 Å². The molecule has 0 saturated heterocycles. The number of aldehydes is 1. The van der Waals surface area contributed by atoms with Crippen LogP contribution < -0.4 is 4.74 Å². The van der Waals surface area contributed by atoms with Crippen molar-refractivity contribution >= 4 is 6.29 Å². The van der Waals surface area contributed by atoms with Crippen molar-refractivity contribution in [1.29, 1.82) is 0 Å². The third kappa shape index (κ3) is 2.85. The molecule has 0 aliphatic carbocycles. The first kappa shape index (κ1) is 14.2. The highest BCUT2D eigenvalue weighted by Crippen LogP contribution is 2.25. The van der Waals surface area contributed by atoms with Crippen LogP contribution in [0.3, 0.4) is 0 Å². The second-order valence-corrected chi connectivity index (χ2v) is 4.60. The maximum absolute atomic E-state index is 13.5. The molecule has 20 heavy (non-hydrogen) atoms. The van der Waals surface area contributed by atoms with E-state index in [-0.39, 0.29) is 12.2 Å². The molecular weight excluding hydrogens is 262 g/mol. The molecule has 0 spiro atoms. The number of halogens is 2. The number of benzene rings is 2. The smallest absolute Gasteiger partial charge is 0.165 e. The predicted molar refractivity (Wildman–Crippen MR) is 72.0 cm³/mol. The Bertz CT molecular complexity index is 628. The fraction of sp³-hybridized carbons (Fsp3) is 0.188. The van der Waals surface area contributed by atoms with Crippen molar-refractivity contribution in [2.24, 2.45) is 0 Å². The van der Waals surface area contributed by atoms with Gasteiger partial charge in [-0.3, -0.25) is 4.79 Å². The van der Waals surface area contributed by atoms with E-state index in [1.807, 2.05) is 0 Å². The molecule has 0 aliphatic heterocycles. The molecule has 2 nitrogen and oxygen atoms in total. The van der Waals surface area contributed by atoms with E-state index in [0.29, 0.717) is 11.3 Å². The molecule has 2 rings (SSSR count). The van der Waals surface area contributed by atoms with Gasteiger partial charge in [0.15, 0.2) is 11.6 Å². The molecule has 0 bridgehead atoms. The topological polar surface area (TPSA) is 26.3 Å². The van der Waals surface area contributed by atoms with Crippen molar-refractivity contribution in [3.63, 3.8) is 0 Å². The number of aryl methyl sites for hydroxylation is 2. The monoisotopic (exact) mass is 276 g/mol. The molecule has 0 heterocycles. The van der Waals surface area contributed by atoms with Gasteiger partial charge in [-0.15, -0.1) is 0 Å². The van der Waals surface area contributed by atoms with Gasteiger partial charge in [-0.2, -0.15) is 0 Å². The van der Waals surface area contributed by atoms with Crippen LogP contribution in [0.2, 0.25) is 0 Å². The second kappa shape index (κ2) is 5.82. The number of carbonyl (C=O) groups is 1. The molecular formula is C16H14F2O2. The van der Waals surface area contributed by atoms with Gasteiger partial charge in [0.25, 0.3) is 0 Å². The quantitative estimate of drug-likeness (QED) is 0.790. The minimum Gasteiger partial charge on any atom is -0.488 e. The minimum absolute atomic E-state index is 0.0638. The summed E-state index contributed by atoms with van der Waals surface area (Å²) in [6.07, 6.45) is 0.760. The van der Waals surface area contributed by atoms with Gasteiger partial charge < -0.3 is 4.74 Å². The van der Waals surface area contributed by atoms with Crippen LogP contribution in [0.15, 0.2) is 30.3 Å². The van der Waals surface area contributed by atoms with E-state index in [1.54, 1.807) is 26.0 Å². The maximum atomic E-state index is 13.5. The third-order valence-corrected chi connectivity index (χ3v) is 3.02. The predicted octanol–water partition coefficient (Wildman–Crippen LogP) is 3.97. The first-order valence-corrected chi connectivity index (χ1v) is 6.15. The fourth-order valence-corrected chi connectivity index (χ4v) is 2.09. The molecule has 0 N–H and O–H groups in total. The molecule has 2 aromatic carbocycles. The summed E-state index contributed by atoms with van der Waals surface area (Å²) in [5.74, 6) is -1.21. The van der Waals surface area contributed by atoms with Crippen LogP contribution in [0.5, 0.6) is 5.75 Å². The Balaban J connectivity index is 2.23. The number of ether oxygens (including phenoxy) is 1. The van der Waals surface area contributed by atoms with E-state index in [1.165, 1.54) is 12.1 Å². The molecule has 4 heteroatoms. The zero-order valence-corrected chi connectivity index (χ0v) is 11.2. The van der Waals surface area contributed by atoms with Crippen LogP contribution in [0, 0.1) is 25.5 Å². The van der Waals surface area contributed by atoms with E-state index in [0.717, 1.165) is 23.5 Å². The van der Waals surface area contributed by atoms with Crippen molar-refractivity contribution in [3.8, 4) is 5.75 Å². The van der Waals surface area contributed by atoms with Gasteiger partial charge in [-0.05, 0) is 43.2 Å². The highest BCUT2D eigenvalue weighted by molar-refractivity contribution is 5.76. The van der Waals surface area contributed by atoms with E-state index in [2.05, 4.69) is 0 Å². The SMILES string of the molecule is Cc1cc(C=O)cc(C)c1OCc1cccc(F)c1F. The average Bonchev–Trinajstić information content (AvgIpc) is 2.42. The van der Waals surface area contributed by atoms with Gasteiger partial charge in [0.2, 0.25) is 0 Å². The van der Waals surface area contributed by atoms with Crippen molar-refractivity contribution in [3.05, 3.63) is 64.2 Å². The Morgan fingerprint density at radius 2 is 1.80 bits per heavy atom. The molecule has 0 aliphatic rings. The van der Waals surface area contributed by atoms with Crippen molar-refractivity contribution in [2.75, 3.05) is 0 Å². The summed E-state index contributed by atoms with van der Waals surface area (Å²) in [5.41, 5.74) is 2.28. The zero-order valence-electron chi connectivity index (χ0n) is 11.2. The lowest BCUT2D eigenvalue weighted by atomic mass is 10.1. The summed E-state index contributed by atoms with van der Waals surface area (Å²) in [6, 6.07) is 7.36. The highest BCUT2D eigenvalue weighted by atomic mass is 19.2. The van der Waals surface area contributed by atoms with Gasteiger partial charge in [0.1, 0.15) is 18.6 Å². The van der Waals surface area contributed by atoms with Crippen molar-refractivity contribution in [1.82, 2.24) is 0 Å². The van der Waals surface area contributed by atoms with E-state index < -0.39 is 11.6 Å². The Kier molecular flexibility index (Phi) is 4.13. The number of rotatable bonds is 4.